The van der Waals surface area contributed by atoms with Crippen LogP contribution in [0.15, 0.2) is 24.3 Å². The predicted octanol–water partition coefficient (Wildman–Crippen LogP) is 1.61. The van der Waals surface area contributed by atoms with Crippen molar-refractivity contribution in [3.05, 3.63) is 35.6 Å². The molecule has 0 amide bonds. The predicted molar refractivity (Wildman–Crippen MR) is 56.7 cm³/mol. The minimum Gasteiger partial charge on any atom is -0.467 e. The molecule has 0 saturated carbocycles. The summed E-state index contributed by atoms with van der Waals surface area (Å²) in [6.45, 7) is 0. The number of ether oxygens (including phenoxy) is 1. The quantitative estimate of drug-likeness (QED) is 0.513. The Bertz CT molecular complexity index is 439. The molecule has 0 radical (unpaired) electrons. The van der Waals surface area contributed by atoms with Crippen molar-refractivity contribution in [2.45, 2.75) is 4.21 Å². The van der Waals surface area contributed by atoms with Crippen LogP contribution < -0.4 is 0 Å². The molecule has 1 aromatic carbocycles. The molecule has 0 aliphatic heterocycles. The second-order valence-electron chi connectivity index (χ2n) is 2.85. The summed E-state index contributed by atoms with van der Waals surface area (Å²) in [5.41, 5.74) is -0.137. The fourth-order valence-electron chi connectivity index (χ4n) is 1.11. The van der Waals surface area contributed by atoms with Crippen LogP contribution in [0.2, 0.25) is 0 Å². The monoisotopic (exact) mass is 266 g/mol. The number of rotatable bonds is 3. The Morgan fingerprint density at radius 2 is 2.25 bits per heavy atom. The molecular weight excluding hydrogens is 259 g/mol. The Morgan fingerprint density at radius 1 is 1.62 bits per heavy atom. The lowest BCUT2D eigenvalue weighted by atomic mass is 10.1. The highest BCUT2D eigenvalue weighted by Gasteiger charge is 2.46. The van der Waals surface area contributed by atoms with Gasteiger partial charge in [-0.1, -0.05) is 23.7 Å². The highest BCUT2D eigenvalue weighted by molar-refractivity contribution is 7.82. The van der Waals surface area contributed by atoms with Crippen LogP contribution in [0.25, 0.3) is 0 Å². The van der Waals surface area contributed by atoms with E-state index in [1.807, 2.05) is 0 Å². The van der Waals surface area contributed by atoms with Gasteiger partial charge in [-0.3, -0.25) is 0 Å². The Balaban J connectivity index is 3.33. The lowest BCUT2D eigenvalue weighted by molar-refractivity contribution is -0.141. The molecule has 0 bridgehead atoms. The number of hydrogen-bond acceptors (Lipinski definition) is 3. The van der Waals surface area contributed by atoms with Crippen LogP contribution in [0.1, 0.15) is 5.56 Å². The highest BCUT2D eigenvalue weighted by Crippen LogP contribution is 2.33. The van der Waals surface area contributed by atoms with E-state index in [0.717, 1.165) is 19.2 Å². The molecule has 7 heteroatoms. The number of hydrogen-bond donors (Lipinski definition) is 1. The number of methoxy groups -OCH3 is 1. The molecule has 0 heterocycles. The van der Waals surface area contributed by atoms with Gasteiger partial charge in [-0.25, -0.2) is 13.4 Å². The van der Waals surface area contributed by atoms with E-state index in [-0.39, 0.29) is 5.56 Å². The van der Waals surface area contributed by atoms with Crippen LogP contribution in [0.3, 0.4) is 0 Å². The van der Waals surface area contributed by atoms with Crippen molar-refractivity contribution in [3.63, 3.8) is 0 Å². The second-order valence-corrected chi connectivity index (χ2v) is 4.75. The molecule has 0 saturated heterocycles. The largest absolute Gasteiger partial charge is 0.467 e. The van der Waals surface area contributed by atoms with E-state index in [1.165, 1.54) is 12.1 Å². The summed E-state index contributed by atoms with van der Waals surface area (Å²) in [5.74, 6) is -1.79. The Morgan fingerprint density at radius 3 is 2.69 bits per heavy atom. The summed E-state index contributed by atoms with van der Waals surface area (Å²) in [6, 6.07) is 4.56. The number of benzene rings is 1. The third-order valence-corrected chi connectivity index (χ3v) is 3.54. The van der Waals surface area contributed by atoms with Gasteiger partial charge in [0.1, 0.15) is 5.82 Å². The topological polar surface area (TPSA) is 63.6 Å². The molecule has 1 aromatic rings. The summed E-state index contributed by atoms with van der Waals surface area (Å²) in [5, 5.41) is 0. The van der Waals surface area contributed by atoms with Crippen LogP contribution in [-0.4, -0.2) is 21.8 Å². The number of esters is 1. The zero-order chi connectivity index (χ0) is 12.3. The highest BCUT2D eigenvalue weighted by atomic mass is 35.5. The first-order valence-corrected chi connectivity index (χ1v) is 5.55. The van der Waals surface area contributed by atoms with Crippen LogP contribution in [0, 0.1) is 5.82 Å². The van der Waals surface area contributed by atoms with Crippen molar-refractivity contribution in [1.29, 1.82) is 0 Å². The number of carbonyl (C=O) groups excluding carboxylic acids is 1. The van der Waals surface area contributed by atoms with Gasteiger partial charge in [-0.15, -0.1) is 0 Å². The van der Waals surface area contributed by atoms with Gasteiger partial charge in [0, 0.05) is 5.56 Å². The number of carbonyl (C=O) groups is 1. The van der Waals surface area contributed by atoms with E-state index in [4.69, 9.17) is 16.2 Å². The molecule has 2 atom stereocenters. The summed E-state index contributed by atoms with van der Waals surface area (Å²) in [7, 11) is 1.02. The SMILES string of the molecule is COC(=O)C(Cl)(c1cccc(F)c1)S(=O)O. The maximum atomic E-state index is 12.9. The van der Waals surface area contributed by atoms with Gasteiger partial charge in [-0.2, -0.15) is 0 Å². The van der Waals surface area contributed by atoms with Crippen molar-refractivity contribution in [3.8, 4) is 0 Å². The maximum Gasteiger partial charge on any atom is 0.347 e. The van der Waals surface area contributed by atoms with Gasteiger partial charge in [0.25, 0.3) is 4.21 Å². The van der Waals surface area contributed by atoms with E-state index < -0.39 is 27.1 Å². The standard InChI is InChI=1S/C9H8ClFO4S/c1-15-8(12)9(10,16(13)14)6-3-2-4-7(11)5-6/h2-5H,1H3,(H,13,14). The molecule has 16 heavy (non-hydrogen) atoms. The smallest absolute Gasteiger partial charge is 0.347 e. The van der Waals surface area contributed by atoms with E-state index >= 15 is 0 Å². The molecule has 0 aliphatic carbocycles. The maximum absolute atomic E-state index is 12.9. The van der Waals surface area contributed by atoms with E-state index in [2.05, 4.69) is 4.74 Å². The van der Waals surface area contributed by atoms with E-state index in [9.17, 15) is 13.4 Å². The zero-order valence-electron chi connectivity index (χ0n) is 8.15. The average Bonchev–Trinajstić information content (AvgIpc) is 2.26. The van der Waals surface area contributed by atoms with Crippen LogP contribution in [-0.2, 0) is 24.8 Å². The van der Waals surface area contributed by atoms with Gasteiger partial charge >= 0.3 is 5.97 Å². The molecule has 0 spiro atoms. The molecule has 1 N–H and O–H groups in total. The summed E-state index contributed by atoms with van der Waals surface area (Å²) >= 11 is 3.00. The normalized spacial score (nSPS) is 16.2. The van der Waals surface area contributed by atoms with Gasteiger partial charge < -0.3 is 9.29 Å². The van der Waals surface area contributed by atoms with Crippen molar-refractivity contribution in [2.24, 2.45) is 0 Å². The Labute approximate surface area is 98.6 Å². The first-order chi connectivity index (χ1) is 7.42. The van der Waals surface area contributed by atoms with Gasteiger partial charge in [0.2, 0.25) is 0 Å². The third-order valence-electron chi connectivity index (χ3n) is 1.88. The summed E-state index contributed by atoms with van der Waals surface area (Å²) in [4.78, 5) is 11.4. The lowest BCUT2D eigenvalue weighted by Gasteiger charge is -2.20. The minimum absolute atomic E-state index is 0.137. The van der Waals surface area contributed by atoms with Crippen LogP contribution in [0.5, 0.6) is 0 Å². The number of halogens is 2. The molecular formula is C9H8ClFO4S. The van der Waals surface area contributed by atoms with Crippen LogP contribution in [0.4, 0.5) is 4.39 Å². The molecule has 0 fully saturated rings. The van der Waals surface area contributed by atoms with E-state index in [0.29, 0.717) is 0 Å². The lowest BCUT2D eigenvalue weighted by Crippen LogP contribution is -2.35. The van der Waals surface area contributed by atoms with Crippen molar-refractivity contribution in [1.82, 2.24) is 0 Å². The molecule has 1 rings (SSSR count). The first kappa shape index (κ1) is 13.1. The van der Waals surface area contributed by atoms with Crippen molar-refractivity contribution < 1.29 is 22.7 Å². The molecule has 0 aromatic heterocycles. The number of alkyl halides is 1. The van der Waals surface area contributed by atoms with E-state index in [1.54, 1.807) is 0 Å². The van der Waals surface area contributed by atoms with Gasteiger partial charge in [0.05, 0.1) is 7.11 Å². The second kappa shape index (κ2) is 4.90. The van der Waals surface area contributed by atoms with Crippen molar-refractivity contribution in [2.75, 3.05) is 7.11 Å². The fourth-order valence-corrected chi connectivity index (χ4v) is 1.86. The third kappa shape index (κ3) is 2.23. The Kier molecular flexibility index (Phi) is 4.01. The average molecular weight is 267 g/mol. The fraction of sp³-hybridized carbons (Fsp3) is 0.222. The summed E-state index contributed by atoms with van der Waals surface area (Å²) in [6.07, 6.45) is 0. The minimum atomic E-state index is -2.73. The Hall–Kier alpha value is -0.980. The first-order valence-electron chi connectivity index (χ1n) is 4.07. The molecule has 4 nitrogen and oxygen atoms in total. The van der Waals surface area contributed by atoms with Crippen LogP contribution >= 0.6 is 11.6 Å². The van der Waals surface area contributed by atoms with Gasteiger partial charge in [-0.05, 0) is 12.1 Å². The van der Waals surface area contributed by atoms with Crippen molar-refractivity contribution >= 4 is 28.7 Å². The summed E-state index contributed by atoms with van der Waals surface area (Å²) < 4.78 is 35.1. The molecule has 2 unspecified atom stereocenters. The molecule has 0 aliphatic rings. The molecule has 88 valence electrons. The zero-order valence-corrected chi connectivity index (χ0v) is 9.72. The van der Waals surface area contributed by atoms with Gasteiger partial charge in [0.15, 0.2) is 11.1 Å².